The van der Waals surface area contributed by atoms with E-state index in [0.717, 1.165) is 24.9 Å². The van der Waals surface area contributed by atoms with Crippen LogP contribution < -0.4 is 5.32 Å². The standard InChI is InChI=1S/C12H23NO/c1-9-5-3-4-6-11(9)12-8-13-7-10(2)14-12/h9-13H,3-8H2,1-2H3. The van der Waals surface area contributed by atoms with Gasteiger partial charge in [-0.15, -0.1) is 0 Å². The third-order valence-corrected chi connectivity index (χ3v) is 3.84. The van der Waals surface area contributed by atoms with Crippen molar-refractivity contribution in [1.82, 2.24) is 5.32 Å². The maximum absolute atomic E-state index is 6.03. The van der Waals surface area contributed by atoms with E-state index in [1.54, 1.807) is 0 Å². The van der Waals surface area contributed by atoms with Crippen molar-refractivity contribution in [3.05, 3.63) is 0 Å². The van der Waals surface area contributed by atoms with E-state index < -0.39 is 0 Å². The van der Waals surface area contributed by atoms with Gasteiger partial charge in [-0.1, -0.05) is 26.2 Å². The lowest BCUT2D eigenvalue weighted by atomic mass is 9.77. The third-order valence-electron chi connectivity index (χ3n) is 3.84. The minimum atomic E-state index is 0.405. The summed E-state index contributed by atoms with van der Waals surface area (Å²) in [5.74, 6) is 1.67. The molecule has 2 fully saturated rings. The lowest BCUT2D eigenvalue weighted by Gasteiger charge is -2.39. The topological polar surface area (TPSA) is 21.3 Å². The van der Waals surface area contributed by atoms with Crippen LogP contribution in [0, 0.1) is 11.8 Å². The van der Waals surface area contributed by atoms with Gasteiger partial charge in [-0.2, -0.15) is 0 Å². The van der Waals surface area contributed by atoms with Crippen molar-refractivity contribution in [3.8, 4) is 0 Å². The molecule has 0 amide bonds. The molecule has 4 atom stereocenters. The number of rotatable bonds is 1. The highest BCUT2D eigenvalue weighted by atomic mass is 16.5. The molecule has 0 aromatic rings. The highest BCUT2D eigenvalue weighted by Gasteiger charge is 2.32. The Labute approximate surface area is 87.4 Å². The van der Waals surface area contributed by atoms with Gasteiger partial charge in [-0.25, -0.2) is 0 Å². The Kier molecular flexibility index (Phi) is 3.45. The average Bonchev–Trinajstić information content (AvgIpc) is 2.18. The van der Waals surface area contributed by atoms with E-state index in [9.17, 15) is 0 Å². The van der Waals surface area contributed by atoms with E-state index >= 15 is 0 Å². The van der Waals surface area contributed by atoms with Gasteiger partial charge in [0.25, 0.3) is 0 Å². The van der Waals surface area contributed by atoms with Crippen LogP contribution in [0.2, 0.25) is 0 Å². The summed E-state index contributed by atoms with van der Waals surface area (Å²) in [6.07, 6.45) is 6.49. The van der Waals surface area contributed by atoms with Gasteiger partial charge in [0.15, 0.2) is 0 Å². The molecule has 1 saturated heterocycles. The Morgan fingerprint density at radius 2 is 1.86 bits per heavy atom. The van der Waals surface area contributed by atoms with Crippen LogP contribution in [-0.4, -0.2) is 25.3 Å². The van der Waals surface area contributed by atoms with Crippen LogP contribution in [0.3, 0.4) is 0 Å². The van der Waals surface area contributed by atoms with Gasteiger partial charge in [0, 0.05) is 13.1 Å². The molecular weight excluding hydrogens is 174 g/mol. The second kappa shape index (κ2) is 4.63. The van der Waals surface area contributed by atoms with Crippen molar-refractivity contribution >= 4 is 0 Å². The Bertz CT molecular complexity index is 183. The second-order valence-corrected chi connectivity index (χ2v) is 5.07. The molecule has 2 heteroatoms. The number of ether oxygens (including phenoxy) is 1. The normalized spacial score (nSPS) is 45.0. The number of morpholine rings is 1. The van der Waals surface area contributed by atoms with Crippen molar-refractivity contribution in [2.75, 3.05) is 13.1 Å². The van der Waals surface area contributed by atoms with Gasteiger partial charge >= 0.3 is 0 Å². The Morgan fingerprint density at radius 3 is 2.57 bits per heavy atom. The molecule has 1 aliphatic carbocycles. The monoisotopic (exact) mass is 197 g/mol. The van der Waals surface area contributed by atoms with Gasteiger partial charge in [0.2, 0.25) is 0 Å². The molecule has 14 heavy (non-hydrogen) atoms. The minimum Gasteiger partial charge on any atom is -0.372 e. The lowest BCUT2D eigenvalue weighted by molar-refractivity contribution is -0.0756. The molecule has 82 valence electrons. The third kappa shape index (κ3) is 2.29. The Hall–Kier alpha value is -0.0800. The molecule has 2 rings (SSSR count). The van der Waals surface area contributed by atoms with Gasteiger partial charge in [-0.3, -0.25) is 0 Å². The van der Waals surface area contributed by atoms with E-state index in [-0.39, 0.29) is 0 Å². The van der Waals surface area contributed by atoms with Crippen molar-refractivity contribution in [2.45, 2.75) is 51.7 Å². The molecule has 2 nitrogen and oxygen atoms in total. The van der Waals surface area contributed by atoms with Crippen LogP contribution >= 0.6 is 0 Å². The summed E-state index contributed by atoms with van der Waals surface area (Å²) in [6, 6.07) is 0. The predicted molar refractivity (Wildman–Crippen MR) is 58.3 cm³/mol. The zero-order chi connectivity index (χ0) is 9.97. The molecular formula is C12H23NO. The highest BCUT2D eigenvalue weighted by Crippen LogP contribution is 2.33. The summed E-state index contributed by atoms with van der Waals surface area (Å²) in [6.45, 7) is 6.66. The summed E-state index contributed by atoms with van der Waals surface area (Å²) in [5, 5.41) is 3.48. The first-order chi connectivity index (χ1) is 6.77. The fourth-order valence-electron chi connectivity index (χ4n) is 2.97. The van der Waals surface area contributed by atoms with Crippen molar-refractivity contribution < 1.29 is 4.74 Å². The fraction of sp³-hybridized carbons (Fsp3) is 1.00. The van der Waals surface area contributed by atoms with Gasteiger partial charge in [0.05, 0.1) is 12.2 Å². The first kappa shape index (κ1) is 10.4. The average molecular weight is 197 g/mol. The maximum atomic E-state index is 6.03. The van der Waals surface area contributed by atoms with E-state index in [2.05, 4.69) is 19.2 Å². The molecule has 1 N–H and O–H groups in total. The molecule has 1 saturated carbocycles. The summed E-state index contributed by atoms with van der Waals surface area (Å²) in [4.78, 5) is 0. The van der Waals surface area contributed by atoms with E-state index in [4.69, 9.17) is 4.74 Å². The van der Waals surface area contributed by atoms with Crippen LogP contribution in [0.4, 0.5) is 0 Å². The quantitative estimate of drug-likeness (QED) is 0.696. The molecule has 4 unspecified atom stereocenters. The lowest BCUT2D eigenvalue weighted by Crippen LogP contribution is -2.48. The van der Waals surface area contributed by atoms with Gasteiger partial charge < -0.3 is 10.1 Å². The van der Waals surface area contributed by atoms with Crippen LogP contribution in [0.15, 0.2) is 0 Å². The molecule has 0 aromatic carbocycles. The Morgan fingerprint density at radius 1 is 1.07 bits per heavy atom. The molecule has 1 aliphatic heterocycles. The number of hydrogen-bond acceptors (Lipinski definition) is 2. The summed E-state index contributed by atoms with van der Waals surface area (Å²) >= 11 is 0. The zero-order valence-corrected chi connectivity index (χ0v) is 9.46. The number of nitrogens with one attached hydrogen (secondary N) is 1. The number of hydrogen-bond donors (Lipinski definition) is 1. The van der Waals surface area contributed by atoms with E-state index in [0.29, 0.717) is 12.2 Å². The van der Waals surface area contributed by atoms with Crippen molar-refractivity contribution in [3.63, 3.8) is 0 Å². The van der Waals surface area contributed by atoms with Crippen LogP contribution in [0.1, 0.15) is 39.5 Å². The molecule has 1 heterocycles. The van der Waals surface area contributed by atoms with E-state index in [1.807, 2.05) is 0 Å². The van der Waals surface area contributed by atoms with Gasteiger partial charge in [0.1, 0.15) is 0 Å². The summed E-state index contributed by atoms with van der Waals surface area (Å²) < 4.78 is 6.03. The smallest absolute Gasteiger partial charge is 0.0734 e. The summed E-state index contributed by atoms with van der Waals surface area (Å²) in [5.41, 5.74) is 0. The van der Waals surface area contributed by atoms with Gasteiger partial charge in [-0.05, 0) is 25.2 Å². The largest absolute Gasteiger partial charge is 0.372 e. The van der Waals surface area contributed by atoms with Crippen molar-refractivity contribution in [1.29, 1.82) is 0 Å². The summed E-state index contributed by atoms with van der Waals surface area (Å²) in [7, 11) is 0. The minimum absolute atomic E-state index is 0.405. The molecule has 2 aliphatic rings. The Balaban J connectivity index is 1.91. The fourth-order valence-corrected chi connectivity index (χ4v) is 2.97. The first-order valence-electron chi connectivity index (χ1n) is 6.13. The maximum Gasteiger partial charge on any atom is 0.0734 e. The van der Waals surface area contributed by atoms with E-state index in [1.165, 1.54) is 25.7 Å². The molecule has 0 spiro atoms. The second-order valence-electron chi connectivity index (χ2n) is 5.07. The molecule has 0 aromatic heterocycles. The highest BCUT2D eigenvalue weighted by molar-refractivity contribution is 4.83. The van der Waals surface area contributed by atoms with Crippen LogP contribution in [0.5, 0.6) is 0 Å². The predicted octanol–water partition coefficient (Wildman–Crippen LogP) is 2.19. The van der Waals surface area contributed by atoms with Crippen molar-refractivity contribution in [2.24, 2.45) is 11.8 Å². The zero-order valence-electron chi connectivity index (χ0n) is 9.46. The SMILES string of the molecule is CC1CNCC(C2CCCCC2C)O1. The molecule has 0 bridgehead atoms. The van der Waals surface area contributed by atoms with Crippen LogP contribution in [-0.2, 0) is 4.74 Å². The molecule has 0 radical (unpaired) electrons. The van der Waals surface area contributed by atoms with Crippen LogP contribution in [0.25, 0.3) is 0 Å². The first-order valence-corrected chi connectivity index (χ1v) is 6.13.